The highest BCUT2D eigenvalue weighted by atomic mass is 28.4. The summed E-state index contributed by atoms with van der Waals surface area (Å²) in [5.74, 6) is 4.73. The van der Waals surface area contributed by atoms with Crippen LogP contribution in [0.5, 0.6) is 5.75 Å². The quantitative estimate of drug-likeness (QED) is 0.478. The number of rotatable bonds is 2. The largest absolute Gasteiger partial charge is 0.543 e. The van der Waals surface area contributed by atoms with Crippen LogP contribution in [0.2, 0.25) is 18.1 Å². The first-order valence-corrected chi connectivity index (χ1v) is 14.3. The number of hydrogen-bond acceptors (Lipinski definition) is 1. The molecule has 0 N–H and O–H groups in total. The first-order chi connectivity index (χ1) is 12.5. The van der Waals surface area contributed by atoms with E-state index in [-0.39, 0.29) is 5.04 Å². The summed E-state index contributed by atoms with van der Waals surface area (Å²) < 4.78 is 6.61. The lowest BCUT2D eigenvalue weighted by Crippen LogP contribution is -2.44. The Hall–Kier alpha value is -0.763. The van der Waals surface area contributed by atoms with Crippen molar-refractivity contribution in [1.82, 2.24) is 0 Å². The highest BCUT2D eigenvalue weighted by molar-refractivity contribution is 6.74. The maximum Gasteiger partial charge on any atom is 0.250 e. The van der Waals surface area contributed by atoms with Gasteiger partial charge in [-0.15, -0.1) is 0 Å². The molecular weight excluding hydrogens is 344 g/mol. The van der Waals surface area contributed by atoms with E-state index in [0.717, 1.165) is 29.4 Å². The van der Waals surface area contributed by atoms with Crippen molar-refractivity contribution in [3.63, 3.8) is 0 Å². The Kier molecular flexibility index (Phi) is 4.61. The fourth-order valence-electron chi connectivity index (χ4n) is 6.33. The van der Waals surface area contributed by atoms with Crippen molar-refractivity contribution >= 4 is 8.32 Å². The normalized spacial score (nSPS) is 36.0. The van der Waals surface area contributed by atoms with Crippen molar-refractivity contribution in [2.75, 3.05) is 0 Å². The van der Waals surface area contributed by atoms with E-state index >= 15 is 0 Å². The Bertz CT molecular complexity index is 716. The molecule has 2 fully saturated rings. The van der Waals surface area contributed by atoms with E-state index < -0.39 is 8.32 Å². The predicted molar refractivity (Wildman–Crippen MR) is 118 cm³/mol. The van der Waals surface area contributed by atoms with Gasteiger partial charge in [0.2, 0.25) is 8.32 Å². The maximum atomic E-state index is 6.61. The van der Waals surface area contributed by atoms with Crippen LogP contribution in [0.15, 0.2) is 18.2 Å². The summed E-state index contributed by atoms with van der Waals surface area (Å²) in [6, 6.07) is 7.12. The average Bonchev–Trinajstić information content (AvgIpc) is 2.88. The molecule has 2 saturated carbocycles. The molecule has 0 spiro atoms. The Morgan fingerprint density at radius 1 is 1.07 bits per heavy atom. The van der Waals surface area contributed by atoms with E-state index in [1.54, 1.807) is 11.1 Å². The van der Waals surface area contributed by atoms with Gasteiger partial charge >= 0.3 is 0 Å². The zero-order valence-electron chi connectivity index (χ0n) is 18.7. The molecule has 1 aromatic rings. The van der Waals surface area contributed by atoms with Crippen molar-refractivity contribution in [3.8, 4) is 5.75 Å². The van der Waals surface area contributed by atoms with Crippen LogP contribution in [-0.2, 0) is 6.42 Å². The number of aryl methyl sites for hydroxylation is 1. The van der Waals surface area contributed by atoms with E-state index in [9.17, 15) is 0 Å². The molecular formula is C25H40OSi. The summed E-state index contributed by atoms with van der Waals surface area (Å²) in [4.78, 5) is 0. The third-order valence-electron chi connectivity index (χ3n) is 9.35. The van der Waals surface area contributed by atoms with Gasteiger partial charge < -0.3 is 4.43 Å². The smallest absolute Gasteiger partial charge is 0.250 e. The van der Waals surface area contributed by atoms with E-state index in [1.807, 2.05) is 0 Å². The second-order valence-corrected chi connectivity index (χ2v) is 16.4. The molecule has 27 heavy (non-hydrogen) atoms. The fraction of sp³-hybridized carbons (Fsp3) is 0.760. The summed E-state index contributed by atoms with van der Waals surface area (Å²) in [6.07, 6.45) is 8.41. The van der Waals surface area contributed by atoms with E-state index in [2.05, 4.69) is 65.9 Å². The zero-order valence-corrected chi connectivity index (χ0v) is 19.7. The molecule has 3 unspecified atom stereocenters. The third-order valence-corrected chi connectivity index (χ3v) is 13.7. The number of fused-ring (bicyclic) bond motifs is 5. The van der Waals surface area contributed by atoms with Crippen LogP contribution < -0.4 is 4.43 Å². The molecule has 0 heterocycles. The van der Waals surface area contributed by atoms with Crippen LogP contribution in [0, 0.1) is 23.2 Å². The summed E-state index contributed by atoms with van der Waals surface area (Å²) >= 11 is 0. The summed E-state index contributed by atoms with van der Waals surface area (Å²) in [7, 11) is -1.76. The molecule has 5 atom stereocenters. The zero-order chi connectivity index (χ0) is 19.6. The Morgan fingerprint density at radius 3 is 2.52 bits per heavy atom. The molecule has 4 rings (SSSR count). The van der Waals surface area contributed by atoms with E-state index in [4.69, 9.17) is 4.43 Å². The van der Waals surface area contributed by atoms with Gasteiger partial charge in [0.25, 0.3) is 0 Å². The molecule has 2 heteroatoms. The van der Waals surface area contributed by atoms with Crippen molar-refractivity contribution in [1.29, 1.82) is 0 Å². The standard InChI is InChI=1S/C25H40OSi/c1-17-8-13-23-22-11-9-18-16-19(26-27(6,7)24(2,3)4)10-12-20(18)21(22)14-15-25(17,23)5/h10,12,16-17,21-23H,8-9,11,13-15H2,1-7H3/t17-,21?,22?,23?,25+/m0/s1. The molecule has 1 aromatic carbocycles. The second-order valence-electron chi connectivity index (χ2n) is 11.7. The number of benzene rings is 1. The minimum Gasteiger partial charge on any atom is -0.543 e. The summed E-state index contributed by atoms with van der Waals surface area (Å²) in [6.45, 7) is 16.8. The van der Waals surface area contributed by atoms with Crippen LogP contribution >= 0.6 is 0 Å². The Balaban J connectivity index is 1.58. The monoisotopic (exact) mass is 384 g/mol. The summed E-state index contributed by atoms with van der Waals surface area (Å²) in [5.41, 5.74) is 3.86. The van der Waals surface area contributed by atoms with Gasteiger partial charge in [-0.3, -0.25) is 0 Å². The second kappa shape index (κ2) is 6.37. The van der Waals surface area contributed by atoms with Gasteiger partial charge in [0.15, 0.2) is 0 Å². The van der Waals surface area contributed by atoms with Gasteiger partial charge in [0.05, 0.1) is 0 Å². The minimum atomic E-state index is -1.76. The topological polar surface area (TPSA) is 9.23 Å². The molecule has 3 aliphatic carbocycles. The van der Waals surface area contributed by atoms with Gasteiger partial charge in [0.1, 0.15) is 5.75 Å². The first kappa shape index (κ1) is 19.5. The van der Waals surface area contributed by atoms with Crippen LogP contribution in [-0.4, -0.2) is 8.32 Å². The van der Waals surface area contributed by atoms with Gasteiger partial charge in [-0.25, -0.2) is 0 Å². The van der Waals surface area contributed by atoms with Crippen molar-refractivity contribution in [2.24, 2.45) is 23.2 Å². The average molecular weight is 385 g/mol. The molecule has 3 aliphatic rings. The molecule has 0 aliphatic heterocycles. The Morgan fingerprint density at radius 2 is 1.81 bits per heavy atom. The van der Waals surface area contributed by atoms with Crippen molar-refractivity contribution in [3.05, 3.63) is 29.3 Å². The van der Waals surface area contributed by atoms with Crippen LogP contribution in [0.1, 0.15) is 83.8 Å². The van der Waals surface area contributed by atoms with Gasteiger partial charge in [0, 0.05) is 0 Å². The lowest BCUT2D eigenvalue weighted by Gasteiger charge is -2.50. The molecule has 150 valence electrons. The lowest BCUT2D eigenvalue weighted by atomic mass is 9.54. The van der Waals surface area contributed by atoms with Crippen LogP contribution in [0.4, 0.5) is 0 Å². The maximum absolute atomic E-state index is 6.61. The predicted octanol–water partition coefficient (Wildman–Crippen LogP) is 7.56. The molecule has 0 saturated heterocycles. The van der Waals surface area contributed by atoms with E-state index in [1.165, 1.54) is 38.5 Å². The van der Waals surface area contributed by atoms with Gasteiger partial charge in [-0.05, 0) is 109 Å². The van der Waals surface area contributed by atoms with Gasteiger partial charge in [-0.1, -0.05) is 40.7 Å². The van der Waals surface area contributed by atoms with Crippen molar-refractivity contribution < 1.29 is 4.43 Å². The first-order valence-electron chi connectivity index (χ1n) is 11.3. The summed E-state index contributed by atoms with van der Waals surface area (Å²) in [5, 5.41) is 0.251. The number of hydrogen-bond donors (Lipinski definition) is 0. The third kappa shape index (κ3) is 3.11. The fourth-order valence-corrected chi connectivity index (χ4v) is 7.36. The van der Waals surface area contributed by atoms with Crippen LogP contribution in [0.3, 0.4) is 0 Å². The molecule has 1 nitrogen and oxygen atoms in total. The minimum absolute atomic E-state index is 0.251. The van der Waals surface area contributed by atoms with Crippen molar-refractivity contribution in [2.45, 2.75) is 97.2 Å². The highest BCUT2D eigenvalue weighted by Gasteiger charge is 2.53. The molecule has 0 bridgehead atoms. The molecule has 0 radical (unpaired) electrons. The SMILES string of the molecule is C[C@H]1CCC2C3CCc4cc(O[Si](C)(C)C(C)(C)C)ccc4C3CC[C@@]21C. The molecule has 0 amide bonds. The highest BCUT2D eigenvalue weighted by Crippen LogP contribution is 2.62. The van der Waals surface area contributed by atoms with Crippen LogP contribution in [0.25, 0.3) is 0 Å². The lowest BCUT2D eigenvalue weighted by molar-refractivity contribution is 0.0336. The van der Waals surface area contributed by atoms with E-state index in [0.29, 0.717) is 5.41 Å². The van der Waals surface area contributed by atoms with Gasteiger partial charge in [-0.2, -0.15) is 0 Å². The Labute approximate surface area is 168 Å². The molecule has 0 aromatic heterocycles.